The minimum Gasteiger partial charge on any atom is -0.462 e. The first kappa shape index (κ1) is 15.3. The average molecular weight is 286 g/mol. The predicted molar refractivity (Wildman–Crippen MR) is 83.0 cm³/mol. The van der Waals surface area contributed by atoms with Gasteiger partial charge < -0.3 is 4.74 Å². The van der Waals surface area contributed by atoms with Crippen LogP contribution in [0.1, 0.15) is 49.3 Å². The Morgan fingerprint density at radius 3 is 2.38 bits per heavy atom. The van der Waals surface area contributed by atoms with E-state index in [1.807, 2.05) is 19.1 Å². The maximum atomic E-state index is 11.8. The Balaban J connectivity index is 2.33. The van der Waals surface area contributed by atoms with E-state index in [2.05, 4.69) is 38.0 Å². The number of benzene rings is 1. The van der Waals surface area contributed by atoms with Gasteiger partial charge in [0.05, 0.1) is 24.2 Å². The summed E-state index contributed by atoms with van der Waals surface area (Å²) in [4.78, 5) is 11.8. The summed E-state index contributed by atoms with van der Waals surface area (Å²) in [5.41, 5.74) is 3.62. The fourth-order valence-electron chi connectivity index (χ4n) is 2.18. The summed E-state index contributed by atoms with van der Waals surface area (Å²) in [6, 6.07) is 8.24. The molecule has 0 saturated carbocycles. The minimum absolute atomic E-state index is 0.119. The molecule has 4 nitrogen and oxygen atoms in total. The van der Waals surface area contributed by atoms with Crippen LogP contribution >= 0.6 is 0 Å². The summed E-state index contributed by atoms with van der Waals surface area (Å²) >= 11 is 0. The predicted octanol–water partition coefficient (Wildman–Crippen LogP) is 3.65. The molecule has 1 aromatic carbocycles. The molecule has 4 heteroatoms. The molecule has 2 aromatic rings. The van der Waals surface area contributed by atoms with Crippen LogP contribution in [0.15, 0.2) is 30.5 Å². The molecular formula is C17H22N2O2. The van der Waals surface area contributed by atoms with Crippen LogP contribution in [-0.2, 0) is 10.2 Å². The third-order valence-electron chi connectivity index (χ3n) is 3.48. The van der Waals surface area contributed by atoms with Crippen LogP contribution in [0.2, 0.25) is 0 Å². The van der Waals surface area contributed by atoms with Crippen molar-refractivity contribution in [3.05, 3.63) is 47.3 Å². The lowest BCUT2D eigenvalue weighted by Gasteiger charge is -2.19. The molecule has 0 radical (unpaired) electrons. The van der Waals surface area contributed by atoms with Crippen LogP contribution in [0, 0.1) is 6.92 Å². The molecule has 1 heterocycles. The van der Waals surface area contributed by atoms with Crippen molar-refractivity contribution in [2.45, 2.75) is 40.0 Å². The molecule has 21 heavy (non-hydrogen) atoms. The number of carbonyl (C=O) groups excluding carboxylic acids is 1. The number of rotatable bonds is 3. The molecule has 0 bridgehead atoms. The van der Waals surface area contributed by atoms with Gasteiger partial charge in [0.2, 0.25) is 0 Å². The van der Waals surface area contributed by atoms with Crippen molar-refractivity contribution in [1.29, 1.82) is 0 Å². The van der Waals surface area contributed by atoms with Gasteiger partial charge in [-0.2, -0.15) is 5.10 Å². The van der Waals surface area contributed by atoms with Gasteiger partial charge in [0.25, 0.3) is 0 Å². The first-order chi connectivity index (χ1) is 9.84. The second-order valence-electron chi connectivity index (χ2n) is 6.07. The Morgan fingerprint density at radius 2 is 1.86 bits per heavy atom. The number of hydrogen-bond acceptors (Lipinski definition) is 3. The monoisotopic (exact) mass is 286 g/mol. The molecule has 0 unspecified atom stereocenters. The highest BCUT2D eigenvalue weighted by molar-refractivity contribution is 5.90. The fraction of sp³-hybridized carbons (Fsp3) is 0.412. The molecule has 0 amide bonds. The topological polar surface area (TPSA) is 44.1 Å². The average Bonchev–Trinajstić information content (AvgIpc) is 2.80. The lowest BCUT2D eigenvalue weighted by molar-refractivity contribution is 0.0525. The van der Waals surface area contributed by atoms with Crippen molar-refractivity contribution >= 4 is 5.97 Å². The van der Waals surface area contributed by atoms with Gasteiger partial charge in [0, 0.05) is 0 Å². The zero-order valence-electron chi connectivity index (χ0n) is 13.3. The summed E-state index contributed by atoms with van der Waals surface area (Å²) < 4.78 is 6.79. The van der Waals surface area contributed by atoms with E-state index < -0.39 is 0 Å². The largest absolute Gasteiger partial charge is 0.462 e. The van der Waals surface area contributed by atoms with E-state index in [0.29, 0.717) is 12.2 Å². The van der Waals surface area contributed by atoms with Crippen LogP contribution < -0.4 is 0 Å². The molecular weight excluding hydrogens is 264 g/mol. The third-order valence-corrected chi connectivity index (χ3v) is 3.48. The Bertz CT molecular complexity index is 634. The molecule has 0 aliphatic rings. The van der Waals surface area contributed by atoms with Gasteiger partial charge >= 0.3 is 5.97 Å². The van der Waals surface area contributed by atoms with Crippen LogP contribution in [0.5, 0.6) is 0 Å². The molecule has 112 valence electrons. The van der Waals surface area contributed by atoms with Crippen molar-refractivity contribution in [3.63, 3.8) is 0 Å². The summed E-state index contributed by atoms with van der Waals surface area (Å²) in [6.45, 7) is 10.6. The fourth-order valence-corrected chi connectivity index (χ4v) is 2.18. The highest BCUT2D eigenvalue weighted by atomic mass is 16.5. The molecule has 0 aliphatic carbocycles. The van der Waals surface area contributed by atoms with E-state index in [4.69, 9.17) is 4.74 Å². The number of carbonyl (C=O) groups is 1. The van der Waals surface area contributed by atoms with E-state index in [1.54, 1.807) is 17.8 Å². The SMILES string of the molecule is CCOC(=O)c1cnn(-c2ccc(C(C)(C)C)cc2)c1C. The quantitative estimate of drug-likeness (QED) is 0.809. The Hall–Kier alpha value is -2.10. The first-order valence-electron chi connectivity index (χ1n) is 7.17. The number of hydrogen-bond donors (Lipinski definition) is 0. The number of ether oxygens (including phenoxy) is 1. The molecule has 0 atom stereocenters. The molecule has 2 rings (SSSR count). The van der Waals surface area contributed by atoms with E-state index in [0.717, 1.165) is 11.4 Å². The van der Waals surface area contributed by atoms with Crippen LogP contribution in [0.4, 0.5) is 0 Å². The van der Waals surface area contributed by atoms with Crippen LogP contribution in [0.25, 0.3) is 5.69 Å². The molecule has 0 fully saturated rings. The molecule has 0 N–H and O–H groups in total. The van der Waals surface area contributed by atoms with Gasteiger partial charge in [-0.25, -0.2) is 9.48 Å². The Labute approximate surface area is 125 Å². The van der Waals surface area contributed by atoms with Crippen molar-refractivity contribution < 1.29 is 9.53 Å². The minimum atomic E-state index is -0.326. The lowest BCUT2D eigenvalue weighted by atomic mass is 9.87. The summed E-state index contributed by atoms with van der Waals surface area (Å²) in [5, 5.41) is 4.30. The van der Waals surface area contributed by atoms with Gasteiger partial charge in [-0.15, -0.1) is 0 Å². The second-order valence-corrected chi connectivity index (χ2v) is 6.07. The van der Waals surface area contributed by atoms with Crippen molar-refractivity contribution in [2.75, 3.05) is 6.61 Å². The lowest BCUT2D eigenvalue weighted by Crippen LogP contribution is -2.11. The summed E-state index contributed by atoms with van der Waals surface area (Å²) in [6.07, 6.45) is 1.56. The van der Waals surface area contributed by atoms with E-state index in [-0.39, 0.29) is 11.4 Å². The van der Waals surface area contributed by atoms with Gasteiger partial charge in [-0.05, 0) is 37.0 Å². The first-order valence-corrected chi connectivity index (χ1v) is 7.17. The van der Waals surface area contributed by atoms with Gasteiger partial charge in [-0.1, -0.05) is 32.9 Å². The number of esters is 1. The number of aromatic nitrogens is 2. The zero-order chi connectivity index (χ0) is 15.6. The maximum absolute atomic E-state index is 11.8. The van der Waals surface area contributed by atoms with Crippen molar-refractivity contribution in [2.24, 2.45) is 0 Å². The Morgan fingerprint density at radius 1 is 1.24 bits per heavy atom. The van der Waals surface area contributed by atoms with Crippen LogP contribution in [0.3, 0.4) is 0 Å². The van der Waals surface area contributed by atoms with Gasteiger partial charge in [-0.3, -0.25) is 0 Å². The van der Waals surface area contributed by atoms with Crippen LogP contribution in [-0.4, -0.2) is 22.4 Å². The highest BCUT2D eigenvalue weighted by Crippen LogP contribution is 2.23. The molecule has 1 aromatic heterocycles. The maximum Gasteiger partial charge on any atom is 0.341 e. The van der Waals surface area contributed by atoms with Gasteiger partial charge in [0.1, 0.15) is 5.56 Å². The second kappa shape index (κ2) is 5.72. The normalized spacial score (nSPS) is 11.5. The highest BCUT2D eigenvalue weighted by Gasteiger charge is 2.17. The zero-order valence-corrected chi connectivity index (χ0v) is 13.3. The summed E-state index contributed by atoms with van der Waals surface area (Å²) in [5.74, 6) is -0.326. The standard InChI is InChI=1S/C17H22N2O2/c1-6-21-16(20)15-11-18-19(12(15)2)14-9-7-13(8-10-14)17(3,4)5/h7-11H,6H2,1-5H3. The smallest absolute Gasteiger partial charge is 0.341 e. The van der Waals surface area contributed by atoms with Crippen molar-refractivity contribution in [1.82, 2.24) is 9.78 Å². The van der Waals surface area contributed by atoms with E-state index >= 15 is 0 Å². The van der Waals surface area contributed by atoms with Crippen molar-refractivity contribution in [3.8, 4) is 5.69 Å². The molecule has 0 spiro atoms. The molecule has 0 aliphatic heterocycles. The Kier molecular flexibility index (Phi) is 4.16. The summed E-state index contributed by atoms with van der Waals surface area (Å²) in [7, 11) is 0. The number of nitrogens with zero attached hydrogens (tertiary/aromatic N) is 2. The van der Waals surface area contributed by atoms with Gasteiger partial charge in [0.15, 0.2) is 0 Å². The molecule has 0 saturated heterocycles. The third kappa shape index (κ3) is 3.15. The van der Waals surface area contributed by atoms with E-state index in [9.17, 15) is 4.79 Å². The van der Waals surface area contributed by atoms with E-state index in [1.165, 1.54) is 5.56 Å².